The normalized spacial score (nSPS) is 20.9. The van der Waals surface area contributed by atoms with Gasteiger partial charge in [-0.1, -0.05) is 20.3 Å². The lowest BCUT2D eigenvalue weighted by molar-refractivity contribution is -0.671. The average molecular weight is 363 g/mol. The van der Waals surface area contributed by atoms with Crippen molar-refractivity contribution in [2.75, 3.05) is 20.3 Å². The predicted molar refractivity (Wildman–Crippen MR) is 108 cm³/mol. The van der Waals surface area contributed by atoms with Gasteiger partial charge in [0.2, 0.25) is 0 Å². The van der Waals surface area contributed by atoms with E-state index < -0.39 is 0 Å². The molecule has 0 unspecified atom stereocenters. The first kappa shape index (κ1) is 21.2. The van der Waals surface area contributed by atoms with Gasteiger partial charge in [-0.3, -0.25) is 0 Å². The molecular formula is C23H40NO2+. The van der Waals surface area contributed by atoms with E-state index in [2.05, 4.69) is 57.3 Å². The molecule has 2 N–H and O–H groups in total. The molecule has 0 amide bonds. The Morgan fingerprint density at radius 2 is 1.88 bits per heavy atom. The lowest BCUT2D eigenvalue weighted by Crippen LogP contribution is -2.82. The minimum Gasteiger partial charge on any atom is -0.497 e. The van der Waals surface area contributed by atoms with Crippen LogP contribution < -0.4 is 10.1 Å². The molecule has 0 aromatic heterocycles. The van der Waals surface area contributed by atoms with Crippen molar-refractivity contribution in [3.05, 3.63) is 29.8 Å². The smallest absolute Gasteiger partial charge is 0.118 e. The topological polar surface area (TPSA) is 35.1 Å². The highest BCUT2D eigenvalue weighted by molar-refractivity contribution is 5.26. The highest BCUT2D eigenvalue weighted by atomic mass is 16.5. The summed E-state index contributed by atoms with van der Waals surface area (Å²) in [5, 5.41) is 2.47. The molecule has 3 heteroatoms. The second kappa shape index (κ2) is 10.3. The summed E-state index contributed by atoms with van der Waals surface area (Å²) in [4.78, 5) is 0. The average Bonchev–Trinajstić information content (AvgIpc) is 2.60. The Bertz CT molecular complexity index is 509. The number of rotatable bonds is 10. The SMILES string of the molecule is COc1ccc(C[NH2+]CC[C@@H](CCC(C)C)[C@@H]2CCOC(C)(C)C2)cc1. The standard InChI is InChI=1S/C23H39NO2/c1-18(2)6-9-20(21-13-15-26-23(3,4)16-21)12-14-24-17-19-7-10-22(25-5)11-8-19/h7-8,10-11,18,20-21,24H,6,9,12-17H2,1-5H3/p+1/t20-,21-/m1/s1. The van der Waals surface area contributed by atoms with Crippen LogP contribution in [0.2, 0.25) is 0 Å². The van der Waals surface area contributed by atoms with Crippen LogP contribution in [0.15, 0.2) is 24.3 Å². The Kier molecular flexibility index (Phi) is 8.43. The van der Waals surface area contributed by atoms with E-state index in [1.165, 1.54) is 44.2 Å². The molecule has 1 heterocycles. The van der Waals surface area contributed by atoms with Crippen molar-refractivity contribution in [1.82, 2.24) is 0 Å². The van der Waals surface area contributed by atoms with Crippen LogP contribution in [0.5, 0.6) is 5.75 Å². The molecule has 1 aromatic carbocycles. The third kappa shape index (κ3) is 7.28. The Labute approximate surface area is 160 Å². The number of hydrogen-bond acceptors (Lipinski definition) is 2. The third-order valence-electron chi connectivity index (χ3n) is 5.80. The Morgan fingerprint density at radius 1 is 1.15 bits per heavy atom. The summed E-state index contributed by atoms with van der Waals surface area (Å²) in [6.45, 7) is 12.4. The van der Waals surface area contributed by atoms with Crippen molar-refractivity contribution in [3.8, 4) is 5.75 Å². The van der Waals surface area contributed by atoms with Crippen molar-refractivity contribution in [2.45, 2.75) is 71.9 Å². The first-order valence-corrected chi connectivity index (χ1v) is 10.5. The van der Waals surface area contributed by atoms with Crippen LogP contribution in [0.3, 0.4) is 0 Å². The summed E-state index contributed by atoms with van der Waals surface area (Å²) in [5.74, 6) is 3.40. The Hall–Kier alpha value is -1.06. The highest BCUT2D eigenvalue weighted by Gasteiger charge is 2.33. The summed E-state index contributed by atoms with van der Waals surface area (Å²) in [6.07, 6.45) is 6.50. The maximum Gasteiger partial charge on any atom is 0.118 e. The van der Waals surface area contributed by atoms with Gasteiger partial charge in [-0.15, -0.1) is 0 Å². The zero-order valence-corrected chi connectivity index (χ0v) is 17.6. The van der Waals surface area contributed by atoms with Crippen molar-refractivity contribution in [2.24, 2.45) is 17.8 Å². The highest BCUT2D eigenvalue weighted by Crippen LogP contribution is 2.37. The third-order valence-corrected chi connectivity index (χ3v) is 5.80. The van der Waals surface area contributed by atoms with Gasteiger partial charge in [0.15, 0.2) is 0 Å². The molecule has 1 aromatic rings. The summed E-state index contributed by atoms with van der Waals surface area (Å²) in [7, 11) is 1.72. The number of hydrogen-bond donors (Lipinski definition) is 1. The molecule has 0 bridgehead atoms. The molecule has 2 atom stereocenters. The number of benzene rings is 1. The minimum atomic E-state index is 0.0613. The fraction of sp³-hybridized carbons (Fsp3) is 0.739. The molecule has 26 heavy (non-hydrogen) atoms. The van der Waals surface area contributed by atoms with Crippen molar-refractivity contribution >= 4 is 0 Å². The Balaban J connectivity index is 1.81. The molecule has 0 aliphatic carbocycles. The molecule has 1 aliphatic heterocycles. The van der Waals surface area contributed by atoms with Crippen LogP contribution >= 0.6 is 0 Å². The molecule has 3 nitrogen and oxygen atoms in total. The summed E-state index contributed by atoms with van der Waals surface area (Å²) in [5.41, 5.74) is 1.43. The Morgan fingerprint density at radius 3 is 2.50 bits per heavy atom. The molecule has 0 radical (unpaired) electrons. The van der Waals surface area contributed by atoms with Gasteiger partial charge >= 0.3 is 0 Å². The van der Waals surface area contributed by atoms with Gasteiger partial charge in [0.1, 0.15) is 12.3 Å². The number of methoxy groups -OCH3 is 1. The fourth-order valence-electron chi connectivity index (χ4n) is 4.21. The summed E-state index contributed by atoms with van der Waals surface area (Å²) in [6, 6.07) is 8.45. The van der Waals surface area contributed by atoms with Crippen LogP contribution in [-0.2, 0) is 11.3 Å². The summed E-state index contributed by atoms with van der Waals surface area (Å²) < 4.78 is 11.2. The second-order valence-corrected chi connectivity index (χ2v) is 9.01. The van der Waals surface area contributed by atoms with Crippen LogP contribution in [0.4, 0.5) is 0 Å². The lowest BCUT2D eigenvalue weighted by Gasteiger charge is -2.39. The van der Waals surface area contributed by atoms with E-state index in [9.17, 15) is 0 Å². The molecule has 1 aliphatic rings. The van der Waals surface area contributed by atoms with Crippen LogP contribution in [0, 0.1) is 17.8 Å². The number of nitrogens with two attached hydrogens (primary N) is 1. The molecular weight excluding hydrogens is 322 g/mol. The number of ether oxygens (including phenoxy) is 2. The van der Waals surface area contributed by atoms with Gasteiger partial charge in [0.25, 0.3) is 0 Å². The van der Waals surface area contributed by atoms with E-state index in [4.69, 9.17) is 9.47 Å². The van der Waals surface area contributed by atoms with E-state index in [0.717, 1.165) is 36.7 Å². The van der Waals surface area contributed by atoms with E-state index in [-0.39, 0.29) is 5.60 Å². The molecule has 0 saturated carbocycles. The zero-order chi connectivity index (χ0) is 19.0. The monoisotopic (exact) mass is 362 g/mol. The van der Waals surface area contributed by atoms with E-state index in [1.54, 1.807) is 7.11 Å². The largest absolute Gasteiger partial charge is 0.497 e. The lowest BCUT2D eigenvalue weighted by atomic mass is 9.75. The zero-order valence-electron chi connectivity index (χ0n) is 17.6. The maximum absolute atomic E-state index is 5.96. The molecule has 1 fully saturated rings. The number of quaternary nitrogens is 1. The first-order valence-electron chi connectivity index (χ1n) is 10.5. The van der Waals surface area contributed by atoms with Gasteiger partial charge in [0.05, 0.1) is 19.3 Å². The van der Waals surface area contributed by atoms with E-state index in [0.29, 0.717) is 0 Å². The fourth-order valence-corrected chi connectivity index (χ4v) is 4.21. The van der Waals surface area contributed by atoms with E-state index in [1.807, 2.05) is 0 Å². The van der Waals surface area contributed by atoms with Gasteiger partial charge < -0.3 is 14.8 Å². The molecule has 1 saturated heterocycles. The first-order chi connectivity index (χ1) is 12.4. The van der Waals surface area contributed by atoms with Gasteiger partial charge in [-0.2, -0.15) is 0 Å². The molecule has 148 valence electrons. The van der Waals surface area contributed by atoms with Crippen molar-refractivity contribution in [3.63, 3.8) is 0 Å². The van der Waals surface area contributed by atoms with E-state index >= 15 is 0 Å². The quantitative estimate of drug-likeness (QED) is 0.626. The van der Waals surface area contributed by atoms with Gasteiger partial charge in [0, 0.05) is 12.2 Å². The predicted octanol–water partition coefficient (Wildman–Crippen LogP) is 4.41. The second-order valence-electron chi connectivity index (χ2n) is 9.01. The van der Waals surface area contributed by atoms with Crippen molar-refractivity contribution in [1.29, 1.82) is 0 Å². The molecule has 0 spiro atoms. The minimum absolute atomic E-state index is 0.0613. The summed E-state index contributed by atoms with van der Waals surface area (Å²) >= 11 is 0. The van der Waals surface area contributed by atoms with Crippen LogP contribution in [0.1, 0.15) is 65.4 Å². The van der Waals surface area contributed by atoms with Crippen LogP contribution in [0.25, 0.3) is 0 Å². The molecule has 2 rings (SSSR count). The van der Waals surface area contributed by atoms with Crippen LogP contribution in [-0.4, -0.2) is 25.9 Å². The van der Waals surface area contributed by atoms with Crippen molar-refractivity contribution < 1.29 is 14.8 Å². The van der Waals surface area contributed by atoms with Gasteiger partial charge in [-0.05, 0) is 81.5 Å². The maximum atomic E-state index is 5.96. The van der Waals surface area contributed by atoms with Gasteiger partial charge in [-0.25, -0.2) is 0 Å².